The molecular weight excluding hydrogens is 447 g/mol. The molecule has 0 saturated heterocycles. The Kier molecular flexibility index (Phi) is 5.94. The molecule has 1 atom stereocenters. The van der Waals surface area contributed by atoms with Gasteiger partial charge in [0.15, 0.2) is 5.78 Å². The first kappa shape index (κ1) is 22.3. The number of ketones is 1. The van der Waals surface area contributed by atoms with Gasteiger partial charge in [-0.05, 0) is 35.2 Å². The predicted octanol–water partition coefficient (Wildman–Crippen LogP) is 6.02. The average Bonchev–Trinajstić information content (AvgIpc) is 2.72. The molecule has 0 bridgehead atoms. The van der Waals surface area contributed by atoms with E-state index in [9.17, 15) is 10.1 Å². The van der Waals surface area contributed by atoms with Gasteiger partial charge in [0.2, 0.25) is 5.88 Å². The first-order valence-corrected chi connectivity index (χ1v) is 11.0. The number of carbonyl (C=O) groups is 1. The van der Waals surface area contributed by atoms with E-state index < -0.39 is 5.92 Å². The second-order valence-corrected chi connectivity index (χ2v) is 9.57. The molecule has 2 aromatic carbocycles. The Bertz CT molecular complexity index is 1170. The van der Waals surface area contributed by atoms with Gasteiger partial charge in [-0.25, -0.2) is 0 Å². The van der Waals surface area contributed by atoms with Crippen molar-refractivity contribution in [3.05, 3.63) is 86.4 Å². The number of allylic oxidation sites excluding steroid dienone is 3. The van der Waals surface area contributed by atoms with Crippen molar-refractivity contribution in [2.24, 2.45) is 11.1 Å². The zero-order chi connectivity index (χ0) is 23.0. The second kappa shape index (κ2) is 8.54. The van der Waals surface area contributed by atoms with Gasteiger partial charge < -0.3 is 15.2 Å². The lowest BCUT2D eigenvalue weighted by Crippen LogP contribution is -2.33. The van der Waals surface area contributed by atoms with E-state index in [2.05, 4.69) is 6.07 Å². The SMILES string of the molecule is CC1(C)CC(=O)C2=C(C1)OC(N)=C(C#N)C2c1ccc(OCc2c(Cl)cccc2Cl)cc1. The fourth-order valence-electron chi connectivity index (χ4n) is 4.20. The molecule has 32 heavy (non-hydrogen) atoms. The van der Waals surface area contributed by atoms with Crippen LogP contribution in [0, 0.1) is 16.7 Å². The highest BCUT2D eigenvalue weighted by atomic mass is 35.5. The van der Waals surface area contributed by atoms with Crippen molar-refractivity contribution in [1.29, 1.82) is 5.26 Å². The first-order valence-electron chi connectivity index (χ1n) is 10.2. The Morgan fingerprint density at radius 1 is 1.16 bits per heavy atom. The number of hydrogen-bond acceptors (Lipinski definition) is 5. The number of hydrogen-bond donors (Lipinski definition) is 1. The van der Waals surface area contributed by atoms with Crippen LogP contribution in [-0.2, 0) is 16.1 Å². The Morgan fingerprint density at radius 2 is 1.81 bits per heavy atom. The summed E-state index contributed by atoms with van der Waals surface area (Å²) in [5.74, 6) is 0.643. The fraction of sp³-hybridized carbons (Fsp3) is 0.280. The van der Waals surface area contributed by atoms with Crippen LogP contribution in [-0.4, -0.2) is 5.78 Å². The highest BCUT2D eigenvalue weighted by Crippen LogP contribution is 2.48. The van der Waals surface area contributed by atoms with Crippen molar-refractivity contribution in [3.63, 3.8) is 0 Å². The highest BCUT2D eigenvalue weighted by molar-refractivity contribution is 6.35. The molecule has 2 N–H and O–H groups in total. The van der Waals surface area contributed by atoms with Crippen LogP contribution in [0.25, 0.3) is 0 Å². The molecule has 2 aromatic rings. The van der Waals surface area contributed by atoms with Crippen LogP contribution in [0.4, 0.5) is 0 Å². The summed E-state index contributed by atoms with van der Waals surface area (Å²) in [4.78, 5) is 13.0. The summed E-state index contributed by atoms with van der Waals surface area (Å²) >= 11 is 12.4. The van der Waals surface area contributed by atoms with E-state index >= 15 is 0 Å². The van der Waals surface area contributed by atoms with Crippen LogP contribution in [0.5, 0.6) is 5.75 Å². The molecule has 164 valence electrons. The van der Waals surface area contributed by atoms with Crippen LogP contribution in [0.1, 0.15) is 43.7 Å². The molecule has 1 aliphatic heterocycles. The molecule has 4 rings (SSSR count). The second-order valence-electron chi connectivity index (χ2n) is 8.76. The number of rotatable bonds is 4. The topological polar surface area (TPSA) is 85.3 Å². The number of carbonyl (C=O) groups excluding carboxylic acids is 1. The molecule has 0 aromatic heterocycles. The molecule has 2 aliphatic rings. The smallest absolute Gasteiger partial charge is 0.205 e. The summed E-state index contributed by atoms with van der Waals surface area (Å²) in [6.45, 7) is 4.25. The van der Waals surface area contributed by atoms with Crippen molar-refractivity contribution in [1.82, 2.24) is 0 Å². The van der Waals surface area contributed by atoms with Crippen molar-refractivity contribution >= 4 is 29.0 Å². The fourth-order valence-corrected chi connectivity index (χ4v) is 4.71. The van der Waals surface area contributed by atoms with E-state index in [1.807, 2.05) is 26.0 Å². The van der Waals surface area contributed by atoms with E-state index in [1.165, 1.54) is 0 Å². The van der Waals surface area contributed by atoms with Crippen molar-refractivity contribution in [2.45, 2.75) is 39.2 Å². The van der Waals surface area contributed by atoms with Crippen LogP contribution in [0.15, 0.2) is 65.3 Å². The van der Waals surface area contributed by atoms with Gasteiger partial charge in [0.05, 0.1) is 5.92 Å². The van der Waals surface area contributed by atoms with Crippen molar-refractivity contribution in [3.8, 4) is 11.8 Å². The van der Waals surface area contributed by atoms with Crippen LogP contribution < -0.4 is 10.5 Å². The normalized spacial score (nSPS) is 19.8. The maximum Gasteiger partial charge on any atom is 0.205 e. The average molecular weight is 469 g/mol. The van der Waals surface area contributed by atoms with E-state index in [0.717, 1.165) is 5.56 Å². The van der Waals surface area contributed by atoms with Crippen molar-refractivity contribution < 1.29 is 14.3 Å². The Labute approximate surface area is 197 Å². The third-order valence-corrected chi connectivity index (χ3v) is 6.44. The number of ether oxygens (including phenoxy) is 2. The van der Waals surface area contributed by atoms with E-state index in [0.29, 0.717) is 45.5 Å². The zero-order valence-corrected chi connectivity index (χ0v) is 19.3. The van der Waals surface area contributed by atoms with Crippen molar-refractivity contribution in [2.75, 3.05) is 0 Å². The maximum absolute atomic E-state index is 13.0. The molecule has 0 fully saturated rings. The number of benzene rings is 2. The van der Waals surface area contributed by atoms with Crippen LogP contribution in [0.3, 0.4) is 0 Å². The summed E-state index contributed by atoms with van der Waals surface area (Å²) in [6.07, 6.45) is 0.980. The lowest BCUT2D eigenvalue weighted by Gasteiger charge is -2.37. The maximum atomic E-state index is 13.0. The minimum atomic E-state index is -0.556. The monoisotopic (exact) mass is 468 g/mol. The number of halogens is 2. The quantitative estimate of drug-likeness (QED) is 0.592. The van der Waals surface area contributed by atoms with E-state index in [-0.39, 0.29) is 29.3 Å². The summed E-state index contributed by atoms with van der Waals surface area (Å²) in [7, 11) is 0. The number of Topliss-reactive ketones (excluding diaryl/α,β-unsaturated/α-hetero) is 1. The predicted molar refractivity (Wildman–Crippen MR) is 123 cm³/mol. The van der Waals surface area contributed by atoms with Gasteiger partial charge in [-0.15, -0.1) is 0 Å². The Morgan fingerprint density at radius 3 is 2.44 bits per heavy atom. The summed E-state index contributed by atoms with van der Waals surface area (Å²) < 4.78 is 11.6. The molecule has 5 nitrogen and oxygen atoms in total. The Balaban J connectivity index is 1.63. The minimum Gasteiger partial charge on any atom is -0.489 e. The molecule has 0 spiro atoms. The largest absolute Gasteiger partial charge is 0.489 e. The molecular formula is C25H22Cl2N2O3. The standard InChI is InChI=1S/C25H22Cl2N2O3/c1-25(2)10-20(30)23-21(11-25)32-24(29)16(12-28)22(23)14-6-8-15(9-7-14)31-13-17-18(26)4-3-5-19(17)27/h3-9,22H,10-11,13,29H2,1-2H3. The molecule has 0 radical (unpaired) electrons. The minimum absolute atomic E-state index is 0.0183. The van der Waals surface area contributed by atoms with Crippen LogP contribution >= 0.6 is 23.2 Å². The number of nitrogens with two attached hydrogens (primary N) is 1. The van der Waals surface area contributed by atoms with Gasteiger partial charge in [-0.3, -0.25) is 4.79 Å². The number of nitriles is 1. The van der Waals surface area contributed by atoms with E-state index in [4.69, 9.17) is 38.4 Å². The summed E-state index contributed by atoms with van der Waals surface area (Å²) in [5.41, 5.74) is 8.09. The van der Waals surface area contributed by atoms with Gasteiger partial charge in [-0.2, -0.15) is 5.26 Å². The molecule has 0 saturated carbocycles. The van der Waals surface area contributed by atoms with Gasteiger partial charge in [0, 0.05) is 34.0 Å². The molecule has 1 heterocycles. The zero-order valence-electron chi connectivity index (χ0n) is 17.7. The molecule has 1 unspecified atom stereocenters. The molecule has 1 aliphatic carbocycles. The summed E-state index contributed by atoms with van der Waals surface area (Å²) in [6, 6.07) is 14.7. The summed E-state index contributed by atoms with van der Waals surface area (Å²) in [5, 5.41) is 10.8. The Hall–Kier alpha value is -2.94. The van der Waals surface area contributed by atoms with Gasteiger partial charge in [0.25, 0.3) is 0 Å². The van der Waals surface area contributed by atoms with Gasteiger partial charge in [0.1, 0.15) is 29.8 Å². The number of nitrogens with zero attached hydrogens (tertiary/aromatic N) is 1. The highest BCUT2D eigenvalue weighted by Gasteiger charge is 2.42. The van der Waals surface area contributed by atoms with E-state index in [1.54, 1.807) is 30.3 Å². The van der Waals surface area contributed by atoms with Gasteiger partial charge >= 0.3 is 0 Å². The lowest BCUT2D eigenvalue weighted by molar-refractivity contribution is -0.119. The van der Waals surface area contributed by atoms with Gasteiger partial charge in [-0.1, -0.05) is 55.2 Å². The lowest BCUT2D eigenvalue weighted by atomic mass is 9.70. The van der Waals surface area contributed by atoms with Crippen LogP contribution in [0.2, 0.25) is 10.0 Å². The third-order valence-electron chi connectivity index (χ3n) is 5.73. The molecule has 7 heteroatoms. The third kappa shape index (κ3) is 4.21. The first-order chi connectivity index (χ1) is 15.2. The molecule has 0 amide bonds.